The Morgan fingerprint density at radius 2 is 2.39 bits per heavy atom. The van der Waals surface area contributed by atoms with Crippen LogP contribution in [-0.2, 0) is 11.3 Å². The van der Waals surface area contributed by atoms with E-state index in [0.717, 1.165) is 32.8 Å². The fraction of sp³-hybridized carbons (Fsp3) is 0.769. The molecule has 1 fully saturated rings. The topological polar surface area (TPSA) is 42.3 Å². The van der Waals surface area contributed by atoms with Gasteiger partial charge in [0.25, 0.3) is 0 Å². The van der Waals surface area contributed by atoms with Crippen LogP contribution >= 0.6 is 0 Å². The van der Waals surface area contributed by atoms with E-state index in [-0.39, 0.29) is 0 Å². The predicted molar refractivity (Wildman–Crippen MR) is 71.6 cm³/mol. The van der Waals surface area contributed by atoms with Crippen molar-refractivity contribution in [2.75, 3.05) is 33.3 Å². The number of aromatic nitrogens is 2. The molecule has 1 aliphatic heterocycles. The third-order valence-electron chi connectivity index (χ3n) is 3.34. The van der Waals surface area contributed by atoms with E-state index in [1.54, 1.807) is 0 Å². The third kappa shape index (κ3) is 3.31. The summed E-state index contributed by atoms with van der Waals surface area (Å²) in [5.41, 5.74) is 1.29. The average Bonchev–Trinajstić information content (AvgIpc) is 2.78. The van der Waals surface area contributed by atoms with Gasteiger partial charge in [-0.3, -0.25) is 4.90 Å². The van der Waals surface area contributed by atoms with Gasteiger partial charge in [0, 0.05) is 38.4 Å². The second-order valence-electron chi connectivity index (χ2n) is 5.17. The lowest BCUT2D eigenvalue weighted by molar-refractivity contribution is -0.0298. The Hall–Kier alpha value is -0.910. The van der Waals surface area contributed by atoms with E-state index in [9.17, 15) is 0 Å². The molecule has 0 aliphatic carbocycles. The summed E-state index contributed by atoms with van der Waals surface area (Å²) < 4.78 is 7.96. The molecule has 2 rings (SSSR count). The van der Waals surface area contributed by atoms with Crippen LogP contribution in [-0.4, -0.2) is 53.8 Å². The first-order chi connectivity index (χ1) is 8.70. The van der Waals surface area contributed by atoms with Crippen molar-refractivity contribution in [2.45, 2.75) is 32.5 Å². The minimum atomic E-state index is 0.305. The van der Waals surface area contributed by atoms with E-state index in [4.69, 9.17) is 4.74 Å². The summed E-state index contributed by atoms with van der Waals surface area (Å²) in [6, 6.07) is 0.469. The van der Waals surface area contributed by atoms with E-state index in [1.807, 2.05) is 19.6 Å². The van der Waals surface area contributed by atoms with Gasteiger partial charge in [0.05, 0.1) is 24.7 Å². The van der Waals surface area contributed by atoms with Crippen LogP contribution in [0.4, 0.5) is 0 Å². The van der Waals surface area contributed by atoms with Crippen molar-refractivity contribution in [3.05, 3.63) is 18.2 Å². The molecule has 0 bridgehead atoms. The zero-order chi connectivity index (χ0) is 13.0. The Labute approximate surface area is 109 Å². The second-order valence-corrected chi connectivity index (χ2v) is 5.17. The van der Waals surface area contributed by atoms with Crippen LogP contribution in [0.3, 0.4) is 0 Å². The highest BCUT2D eigenvalue weighted by Gasteiger charge is 2.21. The van der Waals surface area contributed by atoms with Crippen molar-refractivity contribution in [1.29, 1.82) is 0 Å². The predicted octanol–water partition coefficient (Wildman–Crippen LogP) is 0.884. The van der Waals surface area contributed by atoms with Crippen LogP contribution in [0, 0.1) is 0 Å². The zero-order valence-corrected chi connectivity index (χ0v) is 11.6. The molecule has 2 heterocycles. The highest BCUT2D eigenvalue weighted by Crippen LogP contribution is 2.13. The Balaban J connectivity index is 1.94. The number of nitrogens with zero attached hydrogens (tertiary/aromatic N) is 3. The van der Waals surface area contributed by atoms with Crippen LogP contribution in [0.15, 0.2) is 12.5 Å². The molecule has 0 spiro atoms. The van der Waals surface area contributed by atoms with E-state index in [1.165, 1.54) is 5.69 Å². The number of nitrogens with one attached hydrogen (secondary N) is 1. The Morgan fingerprint density at radius 3 is 3.11 bits per heavy atom. The van der Waals surface area contributed by atoms with E-state index in [2.05, 4.69) is 33.6 Å². The smallest absolute Gasteiger partial charge is 0.0951 e. The molecule has 0 amide bonds. The Bertz CT molecular complexity index is 362. The molecule has 0 aromatic carbocycles. The highest BCUT2D eigenvalue weighted by atomic mass is 16.5. The van der Waals surface area contributed by atoms with Crippen LogP contribution in [0.2, 0.25) is 0 Å². The van der Waals surface area contributed by atoms with Gasteiger partial charge in [-0.1, -0.05) is 0 Å². The van der Waals surface area contributed by atoms with Gasteiger partial charge in [0.1, 0.15) is 0 Å². The minimum absolute atomic E-state index is 0.305. The van der Waals surface area contributed by atoms with Crippen LogP contribution in [0.25, 0.3) is 0 Å². The molecule has 0 radical (unpaired) electrons. The maximum Gasteiger partial charge on any atom is 0.0951 e. The van der Waals surface area contributed by atoms with Gasteiger partial charge >= 0.3 is 0 Å². The van der Waals surface area contributed by atoms with Gasteiger partial charge < -0.3 is 14.6 Å². The summed E-state index contributed by atoms with van der Waals surface area (Å²) in [5, 5.41) is 3.18. The van der Waals surface area contributed by atoms with Crippen LogP contribution in [0.1, 0.15) is 25.6 Å². The standard InChI is InChI=1S/C13H24N4O/c1-11(2)17-10-15-6-12(17)8-16-4-5-18-13(9-16)7-14-3/h6,10-11,13-14H,4-5,7-9H2,1-3H3. The van der Waals surface area contributed by atoms with Crippen molar-refractivity contribution in [3.63, 3.8) is 0 Å². The molecule has 0 saturated carbocycles. The molecular weight excluding hydrogens is 228 g/mol. The molecular formula is C13H24N4O. The fourth-order valence-corrected chi connectivity index (χ4v) is 2.42. The monoisotopic (exact) mass is 252 g/mol. The lowest BCUT2D eigenvalue weighted by Gasteiger charge is -2.33. The first-order valence-corrected chi connectivity index (χ1v) is 6.70. The highest BCUT2D eigenvalue weighted by molar-refractivity contribution is 5.00. The van der Waals surface area contributed by atoms with E-state index >= 15 is 0 Å². The normalized spacial score (nSPS) is 21.7. The first-order valence-electron chi connectivity index (χ1n) is 6.70. The van der Waals surface area contributed by atoms with Gasteiger partial charge in [-0.2, -0.15) is 0 Å². The fourth-order valence-electron chi connectivity index (χ4n) is 2.42. The average molecular weight is 252 g/mol. The van der Waals surface area contributed by atoms with Crippen molar-refractivity contribution < 1.29 is 4.74 Å². The third-order valence-corrected chi connectivity index (χ3v) is 3.34. The zero-order valence-electron chi connectivity index (χ0n) is 11.6. The molecule has 102 valence electrons. The summed E-state index contributed by atoms with van der Waals surface area (Å²) in [4.78, 5) is 6.70. The quantitative estimate of drug-likeness (QED) is 0.845. The van der Waals surface area contributed by atoms with E-state index < -0.39 is 0 Å². The number of likely N-dealkylation sites (N-methyl/N-ethyl adjacent to an activating group) is 1. The van der Waals surface area contributed by atoms with Crippen LogP contribution in [0.5, 0.6) is 0 Å². The van der Waals surface area contributed by atoms with Crippen LogP contribution < -0.4 is 5.32 Å². The van der Waals surface area contributed by atoms with Gasteiger partial charge in [0.2, 0.25) is 0 Å². The van der Waals surface area contributed by atoms with Crippen molar-refractivity contribution in [2.24, 2.45) is 0 Å². The number of rotatable bonds is 5. The van der Waals surface area contributed by atoms with Crippen molar-refractivity contribution in [1.82, 2.24) is 19.8 Å². The lowest BCUT2D eigenvalue weighted by atomic mass is 10.2. The van der Waals surface area contributed by atoms with Gasteiger partial charge in [-0.15, -0.1) is 0 Å². The Kier molecular flexibility index (Phi) is 4.74. The Morgan fingerprint density at radius 1 is 1.56 bits per heavy atom. The summed E-state index contributed by atoms with van der Waals surface area (Å²) >= 11 is 0. The van der Waals surface area contributed by atoms with Gasteiger partial charge in [-0.05, 0) is 20.9 Å². The molecule has 5 heteroatoms. The lowest BCUT2D eigenvalue weighted by Crippen LogP contribution is -2.45. The summed E-state index contributed by atoms with van der Waals surface area (Å²) in [7, 11) is 1.97. The summed E-state index contributed by atoms with van der Waals surface area (Å²) in [5.74, 6) is 0. The number of morpholine rings is 1. The number of ether oxygens (including phenoxy) is 1. The summed E-state index contributed by atoms with van der Waals surface area (Å²) in [6.07, 6.45) is 4.20. The number of hydrogen-bond acceptors (Lipinski definition) is 4. The maximum atomic E-state index is 5.72. The maximum absolute atomic E-state index is 5.72. The number of imidazole rings is 1. The molecule has 1 aliphatic rings. The molecule has 5 nitrogen and oxygen atoms in total. The second kappa shape index (κ2) is 6.31. The molecule has 1 aromatic heterocycles. The molecule has 1 unspecified atom stereocenters. The first kappa shape index (κ1) is 13.5. The molecule has 1 aromatic rings. The van der Waals surface area contributed by atoms with Gasteiger partial charge in [0.15, 0.2) is 0 Å². The minimum Gasteiger partial charge on any atom is -0.374 e. The molecule has 1 N–H and O–H groups in total. The van der Waals surface area contributed by atoms with Crippen molar-refractivity contribution in [3.8, 4) is 0 Å². The van der Waals surface area contributed by atoms with Crippen molar-refractivity contribution >= 4 is 0 Å². The van der Waals surface area contributed by atoms with E-state index in [0.29, 0.717) is 12.1 Å². The molecule has 18 heavy (non-hydrogen) atoms. The SMILES string of the molecule is CNCC1CN(Cc2cncn2C(C)C)CCO1. The number of hydrogen-bond donors (Lipinski definition) is 1. The summed E-state index contributed by atoms with van der Waals surface area (Å²) in [6.45, 7) is 9.07. The van der Waals surface area contributed by atoms with Gasteiger partial charge in [-0.25, -0.2) is 4.98 Å². The molecule has 1 saturated heterocycles. The largest absolute Gasteiger partial charge is 0.374 e. The molecule has 1 atom stereocenters.